The lowest BCUT2D eigenvalue weighted by atomic mass is 10.1. The van der Waals surface area contributed by atoms with Gasteiger partial charge in [0.25, 0.3) is 0 Å². The predicted octanol–water partition coefficient (Wildman–Crippen LogP) is 1.10. The zero-order chi connectivity index (χ0) is 8.97. The molecule has 0 unspecified atom stereocenters. The van der Waals surface area contributed by atoms with Gasteiger partial charge in [-0.1, -0.05) is 13.8 Å². The first-order chi connectivity index (χ1) is 5.74. The molecule has 1 rings (SSSR count). The standard InChI is InChI=1S/C9H15N3/c1-7(2)9-6-11-5-8(12-9)3-4-10/h5-7H,3-4,10H2,1-2H3. The maximum atomic E-state index is 5.42. The van der Waals surface area contributed by atoms with Crippen LogP contribution in [0.15, 0.2) is 12.4 Å². The van der Waals surface area contributed by atoms with Gasteiger partial charge in [0.05, 0.1) is 11.4 Å². The van der Waals surface area contributed by atoms with Crippen LogP contribution in [-0.2, 0) is 6.42 Å². The van der Waals surface area contributed by atoms with E-state index in [-0.39, 0.29) is 0 Å². The summed E-state index contributed by atoms with van der Waals surface area (Å²) in [6.45, 7) is 4.85. The molecule has 1 heterocycles. The molecule has 0 bridgehead atoms. The normalized spacial score (nSPS) is 10.7. The van der Waals surface area contributed by atoms with Crippen LogP contribution in [-0.4, -0.2) is 16.5 Å². The van der Waals surface area contributed by atoms with E-state index in [1.165, 1.54) is 0 Å². The minimum atomic E-state index is 0.440. The predicted molar refractivity (Wildman–Crippen MR) is 48.9 cm³/mol. The lowest BCUT2D eigenvalue weighted by molar-refractivity contribution is 0.784. The van der Waals surface area contributed by atoms with Crippen LogP contribution in [0.25, 0.3) is 0 Å². The summed E-state index contributed by atoms with van der Waals surface area (Å²) in [6.07, 6.45) is 4.40. The summed E-state index contributed by atoms with van der Waals surface area (Å²) < 4.78 is 0. The third-order valence-corrected chi connectivity index (χ3v) is 1.70. The molecule has 2 N–H and O–H groups in total. The molecule has 3 nitrogen and oxygen atoms in total. The first kappa shape index (κ1) is 9.13. The number of rotatable bonds is 3. The summed E-state index contributed by atoms with van der Waals surface area (Å²) in [6, 6.07) is 0. The minimum Gasteiger partial charge on any atom is -0.330 e. The van der Waals surface area contributed by atoms with E-state index in [2.05, 4.69) is 23.8 Å². The SMILES string of the molecule is CC(C)c1cncc(CCN)n1. The monoisotopic (exact) mass is 165 g/mol. The Morgan fingerprint density at radius 1 is 1.42 bits per heavy atom. The van der Waals surface area contributed by atoms with Gasteiger partial charge in [0.15, 0.2) is 0 Å². The Balaban J connectivity index is 2.81. The van der Waals surface area contributed by atoms with E-state index < -0.39 is 0 Å². The first-order valence-corrected chi connectivity index (χ1v) is 4.25. The van der Waals surface area contributed by atoms with E-state index in [9.17, 15) is 0 Å². The van der Waals surface area contributed by atoms with Crippen LogP contribution in [0.3, 0.4) is 0 Å². The summed E-state index contributed by atoms with van der Waals surface area (Å²) in [5.41, 5.74) is 7.45. The third kappa shape index (κ3) is 2.27. The van der Waals surface area contributed by atoms with Crippen LogP contribution >= 0.6 is 0 Å². The molecule has 3 heteroatoms. The highest BCUT2D eigenvalue weighted by atomic mass is 14.8. The van der Waals surface area contributed by atoms with Crippen molar-refractivity contribution in [3.63, 3.8) is 0 Å². The number of aromatic nitrogens is 2. The number of nitrogens with two attached hydrogens (primary N) is 1. The highest BCUT2D eigenvalue weighted by Crippen LogP contribution is 2.09. The van der Waals surface area contributed by atoms with Crippen molar-refractivity contribution >= 4 is 0 Å². The Morgan fingerprint density at radius 2 is 2.17 bits per heavy atom. The molecule has 0 aliphatic heterocycles. The molecule has 12 heavy (non-hydrogen) atoms. The summed E-state index contributed by atoms with van der Waals surface area (Å²) in [5, 5.41) is 0. The van der Waals surface area contributed by atoms with Crippen molar-refractivity contribution in [2.75, 3.05) is 6.54 Å². The fourth-order valence-corrected chi connectivity index (χ4v) is 0.970. The zero-order valence-electron chi connectivity index (χ0n) is 7.62. The van der Waals surface area contributed by atoms with E-state index in [4.69, 9.17) is 5.73 Å². The second kappa shape index (κ2) is 4.16. The maximum Gasteiger partial charge on any atom is 0.0615 e. The maximum absolute atomic E-state index is 5.42. The van der Waals surface area contributed by atoms with Crippen LogP contribution in [0.4, 0.5) is 0 Å². The Hall–Kier alpha value is -0.960. The summed E-state index contributed by atoms with van der Waals surface area (Å²) in [7, 11) is 0. The van der Waals surface area contributed by atoms with Gasteiger partial charge in [0.1, 0.15) is 0 Å². The van der Waals surface area contributed by atoms with Crippen molar-refractivity contribution in [2.45, 2.75) is 26.2 Å². The van der Waals surface area contributed by atoms with Crippen LogP contribution in [0.5, 0.6) is 0 Å². The van der Waals surface area contributed by atoms with Gasteiger partial charge < -0.3 is 5.73 Å². The zero-order valence-corrected chi connectivity index (χ0v) is 7.62. The molecule has 0 aliphatic rings. The van der Waals surface area contributed by atoms with Gasteiger partial charge in [-0.05, 0) is 12.5 Å². The Bertz CT molecular complexity index is 245. The molecule has 0 spiro atoms. The first-order valence-electron chi connectivity index (χ1n) is 4.25. The van der Waals surface area contributed by atoms with Crippen LogP contribution in [0.1, 0.15) is 31.2 Å². The highest BCUT2D eigenvalue weighted by Gasteiger charge is 2.01. The third-order valence-electron chi connectivity index (χ3n) is 1.70. The van der Waals surface area contributed by atoms with E-state index in [0.717, 1.165) is 17.8 Å². The van der Waals surface area contributed by atoms with Gasteiger partial charge in [-0.2, -0.15) is 0 Å². The molecular weight excluding hydrogens is 150 g/mol. The number of nitrogens with zero attached hydrogens (tertiary/aromatic N) is 2. The molecule has 0 aliphatic carbocycles. The fourth-order valence-electron chi connectivity index (χ4n) is 0.970. The molecule has 1 aromatic heterocycles. The van der Waals surface area contributed by atoms with Crippen LogP contribution in [0, 0.1) is 0 Å². The molecule has 0 atom stereocenters. The number of hydrogen-bond acceptors (Lipinski definition) is 3. The topological polar surface area (TPSA) is 51.8 Å². The van der Waals surface area contributed by atoms with Crippen LogP contribution < -0.4 is 5.73 Å². The van der Waals surface area contributed by atoms with E-state index in [0.29, 0.717) is 12.5 Å². The van der Waals surface area contributed by atoms with Crippen molar-refractivity contribution in [3.05, 3.63) is 23.8 Å². The summed E-state index contributed by atoms with van der Waals surface area (Å²) >= 11 is 0. The van der Waals surface area contributed by atoms with Crippen LogP contribution in [0.2, 0.25) is 0 Å². The van der Waals surface area contributed by atoms with Gasteiger partial charge in [0, 0.05) is 18.8 Å². The molecule has 66 valence electrons. The van der Waals surface area contributed by atoms with E-state index in [1.54, 1.807) is 6.20 Å². The lowest BCUT2D eigenvalue weighted by Crippen LogP contribution is -2.06. The highest BCUT2D eigenvalue weighted by molar-refractivity contribution is 5.06. The molecule has 0 saturated carbocycles. The average Bonchev–Trinajstić information content (AvgIpc) is 2.05. The quantitative estimate of drug-likeness (QED) is 0.729. The second-order valence-electron chi connectivity index (χ2n) is 3.13. The van der Waals surface area contributed by atoms with Crippen molar-refractivity contribution in [1.29, 1.82) is 0 Å². The van der Waals surface area contributed by atoms with Crippen molar-refractivity contribution in [3.8, 4) is 0 Å². The molecule has 0 amide bonds. The average molecular weight is 165 g/mol. The largest absolute Gasteiger partial charge is 0.330 e. The molecule has 1 aromatic rings. The van der Waals surface area contributed by atoms with Gasteiger partial charge in [-0.25, -0.2) is 0 Å². The Labute approximate surface area is 73.0 Å². The smallest absolute Gasteiger partial charge is 0.0615 e. The molecule has 0 radical (unpaired) electrons. The Morgan fingerprint density at radius 3 is 2.75 bits per heavy atom. The Kier molecular flexibility index (Phi) is 3.17. The van der Waals surface area contributed by atoms with Gasteiger partial charge in [-0.3, -0.25) is 9.97 Å². The molecule has 0 saturated heterocycles. The summed E-state index contributed by atoms with van der Waals surface area (Å²) in [4.78, 5) is 8.53. The molecule has 0 fully saturated rings. The van der Waals surface area contributed by atoms with Crippen molar-refractivity contribution < 1.29 is 0 Å². The summed E-state index contributed by atoms with van der Waals surface area (Å²) in [5.74, 6) is 0.440. The lowest BCUT2D eigenvalue weighted by Gasteiger charge is -2.04. The molecule has 0 aromatic carbocycles. The van der Waals surface area contributed by atoms with Gasteiger partial charge >= 0.3 is 0 Å². The van der Waals surface area contributed by atoms with Crippen molar-refractivity contribution in [1.82, 2.24) is 9.97 Å². The number of hydrogen-bond donors (Lipinski definition) is 1. The van der Waals surface area contributed by atoms with Gasteiger partial charge in [0.2, 0.25) is 0 Å². The van der Waals surface area contributed by atoms with E-state index >= 15 is 0 Å². The van der Waals surface area contributed by atoms with E-state index in [1.807, 2.05) is 6.20 Å². The van der Waals surface area contributed by atoms with Crippen molar-refractivity contribution in [2.24, 2.45) is 5.73 Å². The minimum absolute atomic E-state index is 0.440. The molecular formula is C9H15N3. The second-order valence-corrected chi connectivity index (χ2v) is 3.13. The fraction of sp³-hybridized carbons (Fsp3) is 0.556. The van der Waals surface area contributed by atoms with Gasteiger partial charge in [-0.15, -0.1) is 0 Å².